The standard InChI is InChI=1S/C25H31N3O6S2/c1-28(2)10-4-3-5-20(25(33)34)26-23(30)21(11-15-6-8-16(9-7-15)24(31)32)27-22(29)17-12-18(35)14-19(36)13-17/h6-9,12-14,20-21,35-36H,3-5,10-11H2,1-2H3,(H,26,30)(H,27,29)(H,31,32)(H,33,34)/t20-,21-/m0/s1. The van der Waals surface area contributed by atoms with E-state index in [9.17, 15) is 24.3 Å². The average molecular weight is 534 g/mol. The Balaban J connectivity index is 2.21. The number of nitrogens with one attached hydrogen (secondary N) is 2. The van der Waals surface area contributed by atoms with Crippen LogP contribution in [0.5, 0.6) is 0 Å². The van der Waals surface area contributed by atoms with E-state index in [4.69, 9.17) is 5.11 Å². The number of aromatic carboxylic acids is 1. The summed E-state index contributed by atoms with van der Waals surface area (Å²) < 4.78 is 0. The molecular weight excluding hydrogens is 502 g/mol. The van der Waals surface area contributed by atoms with Crippen molar-refractivity contribution in [3.05, 3.63) is 59.2 Å². The second-order valence-corrected chi connectivity index (χ2v) is 9.70. The number of nitrogens with zero attached hydrogens (tertiary/aromatic N) is 1. The number of aliphatic carboxylic acids is 1. The maximum Gasteiger partial charge on any atom is 0.335 e. The molecule has 2 rings (SSSR count). The Bertz CT molecular complexity index is 1070. The topological polar surface area (TPSA) is 136 Å². The summed E-state index contributed by atoms with van der Waals surface area (Å²) >= 11 is 8.50. The molecule has 9 nitrogen and oxygen atoms in total. The van der Waals surface area contributed by atoms with E-state index in [2.05, 4.69) is 35.9 Å². The molecule has 0 unspecified atom stereocenters. The zero-order valence-corrected chi connectivity index (χ0v) is 21.9. The van der Waals surface area contributed by atoms with Crippen LogP contribution in [0.2, 0.25) is 0 Å². The maximum atomic E-state index is 13.2. The predicted octanol–water partition coefficient (Wildman–Crippen LogP) is 2.60. The van der Waals surface area contributed by atoms with Crippen molar-refractivity contribution in [3.63, 3.8) is 0 Å². The van der Waals surface area contributed by atoms with Gasteiger partial charge in [0.05, 0.1) is 5.56 Å². The van der Waals surface area contributed by atoms with E-state index in [1.807, 2.05) is 19.0 Å². The maximum absolute atomic E-state index is 13.2. The average Bonchev–Trinajstić information content (AvgIpc) is 2.79. The predicted molar refractivity (Wildman–Crippen MR) is 141 cm³/mol. The quantitative estimate of drug-likeness (QED) is 0.172. The monoisotopic (exact) mass is 533 g/mol. The fraction of sp³-hybridized carbons (Fsp3) is 0.360. The number of carboxylic acid groups (broad SMARTS) is 2. The Kier molecular flexibility index (Phi) is 11.3. The molecule has 194 valence electrons. The number of thiol groups is 2. The Morgan fingerprint density at radius 1 is 0.861 bits per heavy atom. The van der Waals surface area contributed by atoms with Crippen LogP contribution in [0.4, 0.5) is 0 Å². The molecule has 0 radical (unpaired) electrons. The molecular formula is C25H31N3O6S2. The third-order valence-electron chi connectivity index (χ3n) is 5.39. The third kappa shape index (κ3) is 9.56. The Labute approximate surface area is 221 Å². The minimum Gasteiger partial charge on any atom is -0.480 e. The summed E-state index contributed by atoms with van der Waals surface area (Å²) in [5.41, 5.74) is 0.917. The molecule has 0 aliphatic carbocycles. The van der Waals surface area contributed by atoms with Gasteiger partial charge in [-0.1, -0.05) is 12.1 Å². The minimum absolute atomic E-state index is 0.0265. The van der Waals surface area contributed by atoms with Crippen LogP contribution in [0.25, 0.3) is 0 Å². The molecule has 2 atom stereocenters. The van der Waals surface area contributed by atoms with Crippen LogP contribution in [-0.4, -0.2) is 71.6 Å². The molecule has 2 aromatic rings. The number of hydrogen-bond donors (Lipinski definition) is 6. The highest BCUT2D eigenvalue weighted by Crippen LogP contribution is 2.17. The van der Waals surface area contributed by atoms with Crippen molar-refractivity contribution >= 4 is 49.0 Å². The van der Waals surface area contributed by atoms with Crippen molar-refractivity contribution in [2.45, 2.75) is 47.6 Å². The lowest BCUT2D eigenvalue weighted by molar-refractivity contribution is -0.142. The number of carbonyl (C=O) groups excluding carboxylic acids is 2. The zero-order chi connectivity index (χ0) is 26.8. The van der Waals surface area contributed by atoms with Crippen LogP contribution in [0.1, 0.15) is 45.5 Å². The van der Waals surface area contributed by atoms with Crippen LogP contribution in [0.3, 0.4) is 0 Å². The molecule has 0 heterocycles. The van der Waals surface area contributed by atoms with Gasteiger partial charge in [-0.2, -0.15) is 0 Å². The van der Waals surface area contributed by atoms with Crippen LogP contribution >= 0.6 is 25.3 Å². The summed E-state index contributed by atoms with van der Waals surface area (Å²) in [7, 11) is 3.85. The Morgan fingerprint density at radius 3 is 2.00 bits per heavy atom. The van der Waals surface area contributed by atoms with Crippen molar-refractivity contribution in [2.75, 3.05) is 20.6 Å². The normalized spacial score (nSPS) is 12.6. The molecule has 0 saturated heterocycles. The largest absolute Gasteiger partial charge is 0.480 e. The van der Waals surface area contributed by atoms with E-state index in [1.54, 1.807) is 18.2 Å². The smallest absolute Gasteiger partial charge is 0.335 e. The van der Waals surface area contributed by atoms with Crippen molar-refractivity contribution in [2.24, 2.45) is 0 Å². The first-order chi connectivity index (χ1) is 17.0. The van der Waals surface area contributed by atoms with E-state index in [0.29, 0.717) is 21.8 Å². The van der Waals surface area contributed by atoms with Crippen molar-refractivity contribution in [1.29, 1.82) is 0 Å². The van der Waals surface area contributed by atoms with Gasteiger partial charge in [0.15, 0.2) is 0 Å². The summed E-state index contributed by atoms with van der Waals surface area (Å²) in [5.74, 6) is -3.45. The first-order valence-corrected chi connectivity index (χ1v) is 12.2. The fourth-order valence-electron chi connectivity index (χ4n) is 3.50. The van der Waals surface area contributed by atoms with Gasteiger partial charge in [-0.3, -0.25) is 9.59 Å². The molecule has 2 amide bonds. The molecule has 2 aromatic carbocycles. The van der Waals surface area contributed by atoms with E-state index < -0.39 is 35.8 Å². The first kappa shape index (κ1) is 29.2. The molecule has 0 saturated carbocycles. The number of unbranched alkanes of at least 4 members (excludes halogenated alkanes) is 1. The lowest BCUT2D eigenvalue weighted by atomic mass is 10.0. The first-order valence-electron chi connectivity index (χ1n) is 11.3. The highest BCUT2D eigenvalue weighted by Gasteiger charge is 2.27. The molecule has 0 spiro atoms. The van der Waals surface area contributed by atoms with Gasteiger partial charge in [0, 0.05) is 21.8 Å². The van der Waals surface area contributed by atoms with E-state index in [0.717, 1.165) is 13.0 Å². The van der Waals surface area contributed by atoms with Crippen molar-refractivity contribution in [3.8, 4) is 0 Å². The summed E-state index contributed by atoms with van der Waals surface area (Å²) in [6, 6.07) is 8.39. The van der Waals surface area contributed by atoms with Crippen LogP contribution in [0.15, 0.2) is 52.3 Å². The van der Waals surface area contributed by atoms with Gasteiger partial charge in [0.1, 0.15) is 12.1 Å². The Morgan fingerprint density at radius 2 is 1.47 bits per heavy atom. The molecule has 0 aliphatic heterocycles. The molecule has 0 aromatic heterocycles. The number of carboxylic acids is 2. The molecule has 0 aliphatic rings. The highest BCUT2D eigenvalue weighted by molar-refractivity contribution is 7.81. The van der Waals surface area contributed by atoms with E-state index >= 15 is 0 Å². The Hall–Kier alpha value is -3.02. The van der Waals surface area contributed by atoms with Gasteiger partial charge in [0.2, 0.25) is 5.91 Å². The summed E-state index contributed by atoms with van der Waals surface area (Å²) in [5, 5.41) is 23.9. The van der Waals surface area contributed by atoms with E-state index in [-0.39, 0.29) is 24.0 Å². The second kappa shape index (κ2) is 13.9. The zero-order valence-electron chi connectivity index (χ0n) is 20.1. The fourth-order valence-corrected chi connectivity index (χ4v) is 4.16. The number of benzene rings is 2. The van der Waals surface area contributed by atoms with Gasteiger partial charge in [-0.25, -0.2) is 9.59 Å². The SMILES string of the molecule is CN(C)CCCC[C@H](NC(=O)[C@H](Cc1ccc(C(=O)O)cc1)NC(=O)c1cc(S)cc(S)c1)C(=O)O. The summed E-state index contributed by atoms with van der Waals surface area (Å²) in [6.45, 7) is 0.794. The molecule has 0 bridgehead atoms. The van der Waals surface area contributed by atoms with Gasteiger partial charge in [-0.05, 0) is 75.8 Å². The van der Waals surface area contributed by atoms with E-state index in [1.165, 1.54) is 24.3 Å². The molecule has 0 fully saturated rings. The minimum atomic E-state index is -1.16. The number of amides is 2. The van der Waals surface area contributed by atoms with Crippen molar-refractivity contribution in [1.82, 2.24) is 15.5 Å². The number of rotatable bonds is 13. The molecule has 36 heavy (non-hydrogen) atoms. The highest BCUT2D eigenvalue weighted by atomic mass is 32.1. The molecule has 11 heteroatoms. The second-order valence-electron chi connectivity index (χ2n) is 8.67. The van der Waals surface area contributed by atoms with Crippen molar-refractivity contribution < 1.29 is 29.4 Å². The third-order valence-corrected chi connectivity index (χ3v) is 5.91. The van der Waals surface area contributed by atoms with Gasteiger partial charge in [0.25, 0.3) is 5.91 Å². The molecule has 4 N–H and O–H groups in total. The number of hydrogen-bond acceptors (Lipinski definition) is 7. The summed E-state index contributed by atoms with van der Waals surface area (Å²) in [4.78, 5) is 52.0. The number of carbonyl (C=O) groups is 4. The van der Waals surface area contributed by atoms with Gasteiger partial charge in [-0.15, -0.1) is 25.3 Å². The summed E-state index contributed by atoms with van der Waals surface area (Å²) in [6.07, 6.45) is 1.64. The van der Waals surface area contributed by atoms with Crippen LogP contribution < -0.4 is 10.6 Å². The van der Waals surface area contributed by atoms with Crippen LogP contribution in [-0.2, 0) is 16.0 Å². The van der Waals surface area contributed by atoms with Crippen LogP contribution in [0, 0.1) is 0 Å². The van der Waals surface area contributed by atoms with Gasteiger partial charge < -0.3 is 25.7 Å². The lowest BCUT2D eigenvalue weighted by Gasteiger charge is -2.22. The lowest BCUT2D eigenvalue weighted by Crippen LogP contribution is -2.52. The van der Waals surface area contributed by atoms with Gasteiger partial charge >= 0.3 is 11.9 Å².